The molecule has 0 amide bonds. The van der Waals surface area contributed by atoms with E-state index in [0.717, 1.165) is 0 Å². The van der Waals surface area contributed by atoms with Crippen molar-refractivity contribution in [3.8, 4) is 0 Å². The minimum absolute atomic E-state index is 0.572. The Morgan fingerprint density at radius 3 is 2.47 bits per heavy atom. The molecule has 1 radical (unpaired) electrons. The third-order valence-corrected chi connectivity index (χ3v) is 3.69. The van der Waals surface area contributed by atoms with Gasteiger partial charge in [-0.1, -0.05) is 56.9 Å². The highest BCUT2D eigenvalue weighted by molar-refractivity contribution is 5.30. The van der Waals surface area contributed by atoms with E-state index in [-0.39, 0.29) is 0 Å². The van der Waals surface area contributed by atoms with Crippen LogP contribution in [-0.2, 0) is 5.41 Å². The zero-order chi connectivity index (χ0) is 10.6. The Morgan fingerprint density at radius 1 is 1.13 bits per heavy atom. The van der Waals surface area contributed by atoms with Gasteiger partial charge in [-0.15, -0.1) is 0 Å². The zero-order valence-corrected chi connectivity index (χ0v) is 9.76. The maximum atomic E-state index is 3.11. The molecule has 0 heteroatoms. The van der Waals surface area contributed by atoms with Crippen molar-refractivity contribution in [2.45, 2.75) is 57.3 Å². The molecule has 0 spiro atoms. The fourth-order valence-corrected chi connectivity index (χ4v) is 2.46. The first-order valence-corrected chi connectivity index (χ1v) is 6.34. The van der Waals surface area contributed by atoms with Gasteiger partial charge in [-0.25, -0.2) is 0 Å². The van der Waals surface area contributed by atoms with E-state index in [4.69, 9.17) is 0 Å². The summed E-state index contributed by atoms with van der Waals surface area (Å²) >= 11 is 0. The fraction of sp³-hybridized carbons (Fsp3) is 0.600. The van der Waals surface area contributed by atoms with E-state index in [9.17, 15) is 0 Å². The summed E-state index contributed by atoms with van der Waals surface area (Å²) in [6.45, 7) is 2.28. The van der Waals surface area contributed by atoms with Crippen LogP contribution in [0.25, 0.3) is 0 Å². The van der Waals surface area contributed by atoms with Crippen molar-refractivity contribution < 1.29 is 0 Å². The largest absolute Gasteiger partial charge is 0.0654 e. The first-order chi connectivity index (χ1) is 7.37. The van der Waals surface area contributed by atoms with Gasteiger partial charge >= 0.3 is 0 Å². The molecule has 0 N–H and O–H groups in total. The molecule has 1 aromatic rings. The highest BCUT2D eigenvalue weighted by Gasteiger charge is 2.42. The van der Waals surface area contributed by atoms with Gasteiger partial charge in [-0.05, 0) is 36.3 Å². The Labute approximate surface area is 93.7 Å². The smallest absolute Gasteiger partial charge is 0.00463 e. The van der Waals surface area contributed by atoms with E-state index in [1.165, 1.54) is 44.9 Å². The molecule has 0 nitrogen and oxygen atoms in total. The van der Waals surface area contributed by atoms with E-state index in [1.54, 1.807) is 5.56 Å². The van der Waals surface area contributed by atoms with Gasteiger partial charge in [0.25, 0.3) is 0 Å². The normalized spacial score (nSPS) is 17.7. The third kappa shape index (κ3) is 2.62. The molecule has 1 aliphatic rings. The number of hydrogen-bond acceptors (Lipinski definition) is 0. The molecular weight excluding hydrogens is 180 g/mol. The van der Waals surface area contributed by atoms with Gasteiger partial charge < -0.3 is 0 Å². The molecule has 0 aromatic heterocycles. The molecule has 1 aliphatic carbocycles. The van der Waals surface area contributed by atoms with Crippen LogP contribution in [0.1, 0.15) is 57.4 Å². The quantitative estimate of drug-likeness (QED) is 0.595. The summed E-state index contributed by atoms with van der Waals surface area (Å²) in [5.41, 5.74) is 2.13. The first kappa shape index (κ1) is 10.7. The average Bonchev–Trinajstić information content (AvgIpc) is 3.07. The maximum absolute atomic E-state index is 3.11. The SMILES string of the molecule is CCCCCCC1(c2cc[c]cc2)CC1. The Balaban J connectivity index is 1.86. The number of hydrogen-bond donors (Lipinski definition) is 0. The summed E-state index contributed by atoms with van der Waals surface area (Å²) < 4.78 is 0. The maximum Gasteiger partial charge on any atom is -0.00463 e. The average molecular weight is 201 g/mol. The lowest BCUT2D eigenvalue weighted by Gasteiger charge is -2.15. The van der Waals surface area contributed by atoms with Crippen LogP contribution in [0.5, 0.6) is 0 Å². The Bertz CT molecular complexity index is 282. The summed E-state index contributed by atoms with van der Waals surface area (Å²) in [6, 6.07) is 11.7. The number of benzene rings is 1. The van der Waals surface area contributed by atoms with E-state index >= 15 is 0 Å². The van der Waals surface area contributed by atoms with Crippen LogP contribution in [0.15, 0.2) is 24.3 Å². The van der Waals surface area contributed by atoms with Gasteiger partial charge in [0.1, 0.15) is 0 Å². The van der Waals surface area contributed by atoms with Crippen molar-refractivity contribution in [2.24, 2.45) is 0 Å². The van der Waals surface area contributed by atoms with Crippen molar-refractivity contribution in [1.82, 2.24) is 0 Å². The van der Waals surface area contributed by atoms with Crippen LogP contribution in [0.2, 0.25) is 0 Å². The molecule has 1 aromatic carbocycles. The Morgan fingerprint density at radius 2 is 1.87 bits per heavy atom. The Hall–Kier alpha value is -0.780. The predicted octanol–water partition coefficient (Wildman–Crippen LogP) is 4.49. The van der Waals surface area contributed by atoms with Gasteiger partial charge in [0.2, 0.25) is 0 Å². The van der Waals surface area contributed by atoms with Crippen molar-refractivity contribution >= 4 is 0 Å². The first-order valence-electron chi connectivity index (χ1n) is 6.34. The molecule has 1 saturated carbocycles. The van der Waals surface area contributed by atoms with E-state index < -0.39 is 0 Å². The van der Waals surface area contributed by atoms with Crippen LogP contribution >= 0.6 is 0 Å². The van der Waals surface area contributed by atoms with Crippen LogP contribution in [0.4, 0.5) is 0 Å². The predicted molar refractivity (Wildman–Crippen MR) is 64.9 cm³/mol. The van der Waals surface area contributed by atoms with Gasteiger partial charge in [-0.3, -0.25) is 0 Å². The molecule has 0 aliphatic heterocycles. The molecule has 0 heterocycles. The lowest BCUT2D eigenvalue weighted by Crippen LogP contribution is -2.05. The molecule has 81 valence electrons. The second kappa shape index (κ2) is 4.83. The van der Waals surface area contributed by atoms with Crippen molar-refractivity contribution in [3.05, 3.63) is 35.9 Å². The summed E-state index contributed by atoms with van der Waals surface area (Å²) in [5, 5.41) is 0. The third-order valence-electron chi connectivity index (χ3n) is 3.69. The highest BCUT2D eigenvalue weighted by Crippen LogP contribution is 2.51. The summed E-state index contributed by atoms with van der Waals surface area (Å²) in [4.78, 5) is 0. The summed E-state index contributed by atoms with van der Waals surface area (Å²) in [5.74, 6) is 0. The standard InChI is InChI=1S/C15H21/c1-2-3-4-8-11-15(12-13-15)14-9-6-5-7-10-14/h6-7,9-10H,2-4,8,11-13H2,1H3. The van der Waals surface area contributed by atoms with Gasteiger partial charge in [0.05, 0.1) is 0 Å². The minimum atomic E-state index is 0.572. The van der Waals surface area contributed by atoms with Crippen LogP contribution in [-0.4, -0.2) is 0 Å². The summed E-state index contributed by atoms with van der Waals surface area (Å²) in [6.07, 6.45) is 9.78. The fourth-order valence-electron chi connectivity index (χ4n) is 2.46. The van der Waals surface area contributed by atoms with E-state index in [2.05, 4.69) is 37.3 Å². The minimum Gasteiger partial charge on any atom is -0.0654 e. The molecule has 0 unspecified atom stereocenters. The Kier molecular flexibility index (Phi) is 3.45. The molecule has 0 saturated heterocycles. The van der Waals surface area contributed by atoms with E-state index in [1.807, 2.05) is 0 Å². The molecular formula is C15H21. The molecule has 15 heavy (non-hydrogen) atoms. The zero-order valence-electron chi connectivity index (χ0n) is 9.76. The van der Waals surface area contributed by atoms with Crippen LogP contribution < -0.4 is 0 Å². The van der Waals surface area contributed by atoms with E-state index in [0.29, 0.717) is 5.41 Å². The van der Waals surface area contributed by atoms with Crippen LogP contribution in [0.3, 0.4) is 0 Å². The van der Waals surface area contributed by atoms with Crippen molar-refractivity contribution in [3.63, 3.8) is 0 Å². The van der Waals surface area contributed by atoms with Gasteiger partial charge in [0, 0.05) is 0 Å². The van der Waals surface area contributed by atoms with Crippen LogP contribution in [0, 0.1) is 6.07 Å². The lowest BCUT2D eigenvalue weighted by atomic mass is 9.90. The topological polar surface area (TPSA) is 0 Å². The molecule has 1 fully saturated rings. The van der Waals surface area contributed by atoms with Gasteiger partial charge in [-0.2, -0.15) is 0 Å². The monoisotopic (exact) mass is 201 g/mol. The number of unbranched alkanes of at least 4 members (excludes halogenated alkanes) is 3. The molecule has 2 rings (SSSR count). The molecule has 0 atom stereocenters. The number of rotatable bonds is 6. The highest BCUT2D eigenvalue weighted by atomic mass is 14.5. The second-order valence-corrected chi connectivity index (χ2v) is 4.88. The van der Waals surface area contributed by atoms with Crippen molar-refractivity contribution in [1.29, 1.82) is 0 Å². The van der Waals surface area contributed by atoms with Crippen molar-refractivity contribution in [2.75, 3.05) is 0 Å². The second-order valence-electron chi connectivity index (χ2n) is 4.88. The molecule has 0 bridgehead atoms. The lowest BCUT2D eigenvalue weighted by molar-refractivity contribution is 0.544. The summed E-state index contributed by atoms with van der Waals surface area (Å²) in [7, 11) is 0. The van der Waals surface area contributed by atoms with Gasteiger partial charge in [0.15, 0.2) is 0 Å².